The summed E-state index contributed by atoms with van der Waals surface area (Å²) in [6.07, 6.45) is 0.263. The Bertz CT molecular complexity index is 283. The zero-order valence-corrected chi connectivity index (χ0v) is 8.59. The van der Waals surface area contributed by atoms with Gasteiger partial charge in [-0.25, -0.2) is 0 Å². The van der Waals surface area contributed by atoms with Crippen LogP contribution in [0.15, 0.2) is 18.2 Å². The van der Waals surface area contributed by atoms with Crippen LogP contribution >= 0.6 is 34.2 Å². The van der Waals surface area contributed by atoms with Crippen molar-refractivity contribution in [1.82, 2.24) is 0 Å². The Labute approximate surface area is 83.8 Å². The van der Waals surface area contributed by atoms with Crippen molar-refractivity contribution in [3.8, 4) is 0 Å². The fraction of sp³-hybridized carbons (Fsp3) is 0.250. The van der Waals surface area contributed by atoms with E-state index in [9.17, 15) is 0 Å². The standard InChI is InChI=1S/C8H6ClIO/c9-7-3-5(10)1-2-6(7)8-4-11-8/h1-3,8H,4H2. The molecule has 0 N–H and O–H groups in total. The molecule has 0 aromatic heterocycles. The monoisotopic (exact) mass is 280 g/mol. The molecule has 0 bridgehead atoms. The Hall–Kier alpha value is 0.200. The van der Waals surface area contributed by atoms with Gasteiger partial charge in [0.1, 0.15) is 6.10 Å². The SMILES string of the molecule is Clc1cc(I)ccc1C1CO1. The molecule has 1 unspecified atom stereocenters. The van der Waals surface area contributed by atoms with Gasteiger partial charge in [0.15, 0.2) is 0 Å². The number of hydrogen-bond acceptors (Lipinski definition) is 1. The molecule has 1 fully saturated rings. The van der Waals surface area contributed by atoms with E-state index in [0.717, 1.165) is 20.8 Å². The van der Waals surface area contributed by atoms with Gasteiger partial charge >= 0.3 is 0 Å². The first-order chi connectivity index (χ1) is 5.27. The van der Waals surface area contributed by atoms with Crippen molar-refractivity contribution >= 4 is 34.2 Å². The van der Waals surface area contributed by atoms with Crippen molar-refractivity contribution in [3.63, 3.8) is 0 Å². The maximum atomic E-state index is 5.98. The summed E-state index contributed by atoms with van der Waals surface area (Å²) in [4.78, 5) is 0. The number of epoxide rings is 1. The largest absolute Gasteiger partial charge is 0.368 e. The predicted octanol–water partition coefficient (Wildman–Crippen LogP) is 3.02. The Morgan fingerprint density at radius 1 is 1.55 bits per heavy atom. The molecule has 0 spiro atoms. The molecule has 1 aromatic rings. The van der Waals surface area contributed by atoms with Crippen LogP contribution in [0.2, 0.25) is 5.02 Å². The Balaban J connectivity index is 2.39. The maximum absolute atomic E-state index is 5.98. The summed E-state index contributed by atoms with van der Waals surface area (Å²) in [7, 11) is 0. The normalized spacial score (nSPS) is 21.8. The van der Waals surface area contributed by atoms with Gasteiger partial charge in [0, 0.05) is 14.2 Å². The highest BCUT2D eigenvalue weighted by Crippen LogP contribution is 2.35. The minimum Gasteiger partial charge on any atom is -0.368 e. The maximum Gasteiger partial charge on any atom is 0.107 e. The first-order valence-corrected chi connectivity index (χ1v) is 4.79. The molecule has 58 valence electrons. The Morgan fingerprint density at radius 3 is 2.82 bits per heavy atom. The molecule has 0 radical (unpaired) electrons. The summed E-state index contributed by atoms with van der Waals surface area (Å²) in [6.45, 7) is 0.820. The second kappa shape index (κ2) is 2.92. The van der Waals surface area contributed by atoms with Crippen LogP contribution in [0.25, 0.3) is 0 Å². The summed E-state index contributed by atoms with van der Waals surface area (Å²) < 4.78 is 6.29. The molecule has 0 saturated carbocycles. The Morgan fingerprint density at radius 2 is 2.27 bits per heavy atom. The van der Waals surface area contributed by atoms with Crippen molar-refractivity contribution in [1.29, 1.82) is 0 Å². The fourth-order valence-corrected chi connectivity index (χ4v) is 1.97. The van der Waals surface area contributed by atoms with Gasteiger partial charge in [0.05, 0.1) is 6.61 Å². The first-order valence-electron chi connectivity index (χ1n) is 3.34. The van der Waals surface area contributed by atoms with Gasteiger partial charge in [-0.2, -0.15) is 0 Å². The zero-order valence-electron chi connectivity index (χ0n) is 5.68. The minimum atomic E-state index is 0.263. The lowest BCUT2D eigenvalue weighted by Crippen LogP contribution is -1.82. The second-order valence-corrected chi connectivity index (χ2v) is 4.14. The average Bonchev–Trinajstić information content (AvgIpc) is 2.70. The van der Waals surface area contributed by atoms with Crippen molar-refractivity contribution in [2.45, 2.75) is 6.10 Å². The molecule has 1 aliphatic heterocycles. The van der Waals surface area contributed by atoms with E-state index in [-0.39, 0.29) is 6.10 Å². The highest BCUT2D eigenvalue weighted by atomic mass is 127. The molecule has 1 aromatic carbocycles. The van der Waals surface area contributed by atoms with E-state index in [1.165, 1.54) is 0 Å². The van der Waals surface area contributed by atoms with Gasteiger partial charge < -0.3 is 4.74 Å². The smallest absolute Gasteiger partial charge is 0.107 e. The molecule has 1 nitrogen and oxygen atoms in total. The van der Waals surface area contributed by atoms with Crippen LogP contribution in [0.5, 0.6) is 0 Å². The van der Waals surface area contributed by atoms with E-state index < -0.39 is 0 Å². The van der Waals surface area contributed by atoms with Crippen molar-refractivity contribution in [3.05, 3.63) is 32.4 Å². The van der Waals surface area contributed by atoms with E-state index in [2.05, 4.69) is 22.6 Å². The van der Waals surface area contributed by atoms with Crippen LogP contribution in [-0.4, -0.2) is 6.61 Å². The van der Waals surface area contributed by atoms with Gasteiger partial charge in [-0.05, 0) is 34.7 Å². The molecule has 11 heavy (non-hydrogen) atoms. The number of halogens is 2. The highest BCUT2D eigenvalue weighted by molar-refractivity contribution is 14.1. The van der Waals surface area contributed by atoms with Gasteiger partial charge in [-0.3, -0.25) is 0 Å². The lowest BCUT2D eigenvalue weighted by atomic mass is 10.2. The minimum absolute atomic E-state index is 0.263. The van der Waals surface area contributed by atoms with Gasteiger partial charge in [0.25, 0.3) is 0 Å². The summed E-state index contributed by atoms with van der Waals surface area (Å²) in [5.74, 6) is 0. The summed E-state index contributed by atoms with van der Waals surface area (Å²) in [5.41, 5.74) is 1.12. The van der Waals surface area contributed by atoms with Crippen LogP contribution in [0.3, 0.4) is 0 Å². The predicted molar refractivity (Wildman–Crippen MR) is 52.9 cm³/mol. The molecule has 1 aliphatic rings. The van der Waals surface area contributed by atoms with E-state index in [4.69, 9.17) is 16.3 Å². The van der Waals surface area contributed by atoms with E-state index in [1.54, 1.807) is 0 Å². The topological polar surface area (TPSA) is 12.5 Å². The number of ether oxygens (including phenoxy) is 1. The lowest BCUT2D eigenvalue weighted by Gasteiger charge is -1.99. The summed E-state index contributed by atoms with van der Waals surface area (Å²) in [6, 6.07) is 6.03. The molecular formula is C8H6ClIO. The quantitative estimate of drug-likeness (QED) is 0.569. The number of hydrogen-bond donors (Lipinski definition) is 0. The zero-order chi connectivity index (χ0) is 7.84. The van der Waals surface area contributed by atoms with Crippen LogP contribution in [0, 0.1) is 3.57 Å². The first kappa shape index (κ1) is 7.83. The third-order valence-corrected chi connectivity index (χ3v) is 2.64. The van der Waals surface area contributed by atoms with Gasteiger partial charge in [-0.1, -0.05) is 17.7 Å². The lowest BCUT2D eigenvalue weighted by molar-refractivity contribution is 0.415. The van der Waals surface area contributed by atoms with E-state index in [1.807, 2.05) is 18.2 Å². The highest BCUT2D eigenvalue weighted by Gasteiger charge is 2.26. The Kier molecular flexibility index (Phi) is 2.08. The van der Waals surface area contributed by atoms with Crippen LogP contribution in [-0.2, 0) is 4.74 Å². The van der Waals surface area contributed by atoms with Crippen molar-refractivity contribution < 1.29 is 4.74 Å². The number of benzene rings is 1. The van der Waals surface area contributed by atoms with Gasteiger partial charge in [-0.15, -0.1) is 0 Å². The fourth-order valence-electron chi connectivity index (χ4n) is 0.990. The molecule has 1 atom stereocenters. The molecule has 2 rings (SSSR count). The summed E-state index contributed by atoms with van der Waals surface area (Å²) >= 11 is 8.22. The van der Waals surface area contributed by atoms with Crippen molar-refractivity contribution in [2.24, 2.45) is 0 Å². The molecule has 0 aliphatic carbocycles. The molecule has 3 heteroatoms. The molecular weight excluding hydrogens is 274 g/mol. The third-order valence-electron chi connectivity index (χ3n) is 1.64. The number of rotatable bonds is 1. The average molecular weight is 280 g/mol. The van der Waals surface area contributed by atoms with E-state index in [0.29, 0.717) is 0 Å². The van der Waals surface area contributed by atoms with Crippen LogP contribution in [0.1, 0.15) is 11.7 Å². The second-order valence-electron chi connectivity index (χ2n) is 2.49. The van der Waals surface area contributed by atoms with E-state index >= 15 is 0 Å². The molecule has 1 saturated heterocycles. The van der Waals surface area contributed by atoms with Crippen molar-refractivity contribution in [2.75, 3.05) is 6.61 Å². The van der Waals surface area contributed by atoms with Crippen LogP contribution < -0.4 is 0 Å². The summed E-state index contributed by atoms with van der Waals surface area (Å²) in [5, 5.41) is 0.819. The molecule has 0 amide bonds. The van der Waals surface area contributed by atoms with Gasteiger partial charge in [0.2, 0.25) is 0 Å². The molecule has 1 heterocycles. The van der Waals surface area contributed by atoms with Crippen LogP contribution in [0.4, 0.5) is 0 Å². The third kappa shape index (κ3) is 1.68.